The SMILES string of the molecule is CC[NH+](CC)CCCNC(=S)Nc1ccc(SC(F)F)cc1. The van der Waals surface area contributed by atoms with Crippen molar-refractivity contribution in [2.45, 2.75) is 30.9 Å². The third-order valence-corrected chi connectivity index (χ3v) is 4.30. The summed E-state index contributed by atoms with van der Waals surface area (Å²) in [6.45, 7) is 8.62. The van der Waals surface area contributed by atoms with Gasteiger partial charge in [-0.25, -0.2) is 0 Å². The number of halogens is 2. The summed E-state index contributed by atoms with van der Waals surface area (Å²) in [5.41, 5.74) is 0.797. The zero-order chi connectivity index (χ0) is 16.4. The van der Waals surface area contributed by atoms with E-state index in [2.05, 4.69) is 24.5 Å². The van der Waals surface area contributed by atoms with Gasteiger partial charge in [0.1, 0.15) is 0 Å². The molecule has 22 heavy (non-hydrogen) atoms. The molecule has 124 valence electrons. The van der Waals surface area contributed by atoms with Crippen LogP contribution in [-0.4, -0.2) is 37.0 Å². The molecule has 0 heterocycles. The molecule has 0 atom stereocenters. The van der Waals surface area contributed by atoms with Crippen LogP contribution in [0.1, 0.15) is 20.3 Å². The Labute approximate surface area is 140 Å². The van der Waals surface area contributed by atoms with Crippen LogP contribution in [0.4, 0.5) is 14.5 Å². The minimum Gasteiger partial charge on any atom is -0.362 e. The van der Waals surface area contributed by atoms with E-state index < -0.39 is 5.76 Å². The van der Waals surface area contributed by atoms with Gasteiger partial charge in [0.15, 0.2) is 5.11 Å². The lowest BCUT2D eigenvalue weighted by molar-refractivity contribution is -0.896. The third-order valence-electron chi connectivity index (χ3n) is 3.33. The van der Waals surface area contributed by atoms with E-state index in [1.54, 1.807) is 29.2 Å². The first kappa shape index (κ1) is 19.1. The van der Waals surface area contributed by atoms with Gasteiger partial charge in [-0.15, -0.1) is 0 Å². The molecule has 0 spiro atoms. The molecule has 0 aliphatic rings. The second-order valence-electron chi connectivity index (χ2n) is 4.84. The second-order valence-corrected chi connectivity index (χ2v) is 6.32. The molecule has 3 nitrogen and oxygen atoms in total. The van der Waals surface area contributed by atoms with Crippen molar-refractivity contribution in [3.63, 3.8) is 0 Å². The van der Waals surface area contributed by atoms with Gasteiger partial charge in [-0.05, 0) is 50.3 Å². The maximum absolute atomic E-state index is 12.2. The molecule has 0 aliphatic carbocycles. The highest BCUT2D eigenvalue weighted by Crippen LogP contribution is 2.26. The van der Waals surface area contributed by atoms with Crippen LogP contribution < -0.4 is 15.5 Å². The Morgan fingerprint density at radius 3 is 2.41 bits per heavy atom. The van der Waals surface area contributed by atoms with Crippen molar-refractivity contribution in [2.24, 2.45) is 0 Å². The Kier molecular flexibility index (Phi) is 9.34. The largest absolute Gasteiger partial charge is 0.362 e. The maximum Gasteiger partial charge on any atom is 0.288 e. The zero-order valence-electron chi connectivity index (χ0n) is 13.0. The molecule has 0 saturated heterocycles. The Bertz CT molecular complexity index is 437. The van der Waals surface area contributed by atoms with Gasteiger partial charge in [-0.1, -0.05) is 11.8 Å². The van der Waals surface area contributed by atoms with Gasteiger partial charge in [0.05, 0.1) is 19.6 Å². The molecule has 1 aromatic carbocycles. The van der Waals surface area contributed by atoms with E-state index in [4.69, 9.17) is 12.2 Å². The van der Waals surface area contributed by atoms with Gasteiger partial charge in [-0.2, -0.15) is 8.78 Å². The first-order valence-electron chi connectivity index (χ1n) is 7.48. The average molecular weight is 349 g/mol. The van der Waals surface area contributed by atoms with Crippen molar-refractivity contribution in [3.05, 3.63) is 24.3 Å². The number of hydrogen-bond donors (Lipinski definition) is 3. The van der Waals surface area contributed by atoms with Crippen LogP contribution in [0.5, 0.6) is 0 Å². The zero-order valence-corrected chi connectivity index (χ0v) is 14.6. The molecule has 1 rings (SSSR count). The number of anilines is 1. The average Bonchev–Trinajstić information content (AvgIpc) is 2.49. The van der Waals surface area contributed by atoms with Crippen LogP contribution >= 0.6 is 24.0 Å². The molecule has 0 unspecified atom stereocenters. The number of rotatable bonds is 9. The second kappa shape index (κ2) is 10.7. The summed E-state index contributed by atoms with van der Waals surface area (Å²) in [5.74, 6) is -2.39. The highest BCUT2D eigenvalue weighted by Gasteiger charge is 2.05. The van der Waals surface area contributed by atoms with E-state index in [0.29, 0.717) is 21.8 Å². The summed E-state index contributed by atoms with van der Waals surface area (Å²) in [6, 6.07) is 6.81. The van der Waals surface area contributed by atoms with E-state index in [0.717, 1.165) is 38.3 Å². The fourth-order valence-electron chi connectivity index (χ4n) is 2.04. The topological polar surface area (TPSA) is 28.5 Å². The highest BCUT2D eigenvalue weighted by atomic mass is 32.2. The molecule has 0 aromatic heterocycles. The first-order valence-corrected chi connectivity index (χ1v) is 8.77. The molecular weight excluding hydrogens is 324 g/mol. The number of thioether (sulfide) groups is 1. The van der Waals surface area contributed by atoms with Crippen molar-refractivity contribution in [1.29, 1.82) is 0 Å². The van der Waals surface area contributed by atoms with Gasteiger partial charge in [-0.3, -0.25) is 0 Å². The van der Waals surface area contributed by atoms with Crippen molar-refractivity contribution in [3.8, 4) is 0 Å². The summed E-state index contributed by atoms with van der Waals surface area (Å²) in [7, 11) is 0. The van der Waals surface area contributed by atoms with Crippen molar-refractivity contribution in [2.75, 3.05) is 31.5 Å². The normalized spacial score (nSPS) is 11.0. The highest BCUT2D eigenvalue weighted by molar-refractivity contribution is 7.99. The lowest BCUT2D eigenvalue weighted by atomic mass is 10.3. The lowest BCUT2D eigenvalue weighted by Gasteiger charge is -2.16. The van der Waals surface area contributed by atoms with Gasteiger partial charge in [0.2, 0.25) is 0 Å². The lowest BCUT2D eigenvalue weighted by Crippen LogP contribution is -3.11. The predicted molar refractivity (Wildman–Crippen MR) is 94.1 cm³/mol. The van der Waals surface area contributed by atoms with Gasteiger partial charge in [0, 0.05) is 23.5 Å². The molecule has 0 saturated carbocycles. The third kappa shape index (κ3) is 7.91. The van der Waals surface area contributed by atoms with Gasteiger partial charge >= 0.3 is 0 Å². The van der Waals surface area contributed by atoms with E-state index >= 15 is 0 Å². The fourth-order valence-corrected chi connectivity index (χ4v) is 2.76. The number of alkyl halides is 2. The van der Waals surface area contributed by atoms with Crippen LogP contribution in [0.3, 0.4) is 0 Å². The molecule has 0 aliphatic heterocycles. The summed E-state index contributed by atoms with van der Waals surface area (Å²) >= 11 is 5.76. The first-order chi connectivity index (χ1) is 10.5. The maximum atomic E-state index is 12.2. The number of quaternary nitrogens is 1. The molecular formula is C15H24F2N3S2+. The van der Waals surface area contributed by atoms with E-state index in [1.165, 1.54) is 0 Å². The molecule has 0 radical (unpaired) electrons. The Morgan fingerprint density at radius 1 is 1.23 bits per heavy atom. The standard InChI is InChI=1S/C15H23F2N3S2/c1-3-20(4-2)11-5-10-18-15(21)19-12-6-8-13(9-7-12)22-14(16)17/h6-9,14H,3-5,10-11H2,1-2H3,(H2,18,19,21)/p+1. The Hall–Kier alpha value is -0.920. The summed E-state index contributed by atoms with van der Waals surface area (Å²) in [6.07, 6.45) is 1.06. The predicted octanol–water partition coefficient (Wildman–Crippen LogP) is 2.60. The number of thiocarbonyl (C=S) groups is 1. The summed E-state index contributed by atoms with van der Waals surface area (Å²) in [5, 5.41) is 6.78. The van der Waals surface area contributed by atoms with Crippen molar-refractivity contribution < 1.29 is 13.7 Å². The van der Waals surface area contributed by atoms with Crippen LogP contribution in [0, 0.1) is 0 Å². The number of hydrogen-bond acceptors (Lipinski definition) is 2. The molecule has 0 fully saturated rings. The van der Waals surface area contributed by atoms with Crippen LogP contribution in [0.25, 0.3) is 0 Å². The van der Waals surface area contributed by atoms with Crippen LogP contribution in [-0.2, 0) is 0 Å². The Morgan fingerprint density at radius 2 is 1.86 bits per heavy atom. The summed E-state index contributed by atoms with van der Waals surface area (Å²) < 4.78 is 24.5. The van der Waals surface area contributed by atoms with Crippen LogP contribution in [0.2, 0.25) is 0 Å². The van der Waals surface area contributed by atoms with Gasteiger partial charge < -0.3 is 15.5 Å². The summed E-state index contributed by atoms with van der Waals surface area (Å²) in [4.78, 5) is 2.12. The van der Waals surface area contributed by atoms with E-state index in [9.17, 15) is 8.78 Å². The number of benzene rings is 1. The fraction of sp³-hybridized carbons (Fsp3) is 0.533. The Balaban J connectivity index is 2.27. The van der Waals surface area contributed by atoms with Crippen LogP contribution in [0.15, 0.2) is 29.2 Å². The molecule has 0 amide bonds. The minimum atomic E-state index is -2.39. The van der Waals surface area contributed by atoms with E-state index in [-0.39, 0.29) is 0 Å². The van der Waals surface area contributed by atoms with Gasteiger partial charge in [0.25, 0.3) is 5.76 Å². The molecule has 1 aromatic rings. The minimum absolute atomic E-state index is 0.538. The van der Waals surface area contributed by atoms with E-state index in [1.807, 2.05) is 0 Å². The smallest absolute Gasteiger partial charge is 0.288 e. The number of nitrogens with one attached hydrogen (secondary N) is 3. The molecule has 7 heteroatoms. The van der Waals surface area contributed by atoms with Crippen molar-refractivity contribution >= 4 is 34.8 Å². The van der Waals surface area contributed by atoms with Crippen molar-refractivity contribution in [1.82, 2.24) is 5.32 Å². The molecule has 0 bridgehead atoms. The quantitative estimate of drug-likeness (QED) is 0.363. The molecule has 3 N–H and O–H groups in total. The monoisotopic (exact) mass is 348 g/mol.